The summed E-state index contributed by atoms with van der Waals surface area (Å²) < 4.78 is 5.64. The molecule has 23 heavy (non-hydrogen) atoms. The van der Waals surface area contributed by atoms with Crippen molar-refractivity contribution in [3.05, 3.63) is 64.2 Å². The molecule has 1 N–H and O–H groups in total. The van der Waals surface area contributed by atoms with E-state index in [4.69, 9.17) is 16.3 Å². The zero-order valence-corrected chi connectivity index (χ0v) is 14.3. The Hall–Kier alpha value is -2.00. The molecule has 0 saturated carbocycles. The molecule has 2 aromatic carbocycles. The Kier molecular flexibility index (Phi) is 5.67. The third-order valence-electron chi connectivity index (χ3n) is 3.75. The maximum absolute atomic E-state index is 11.5. The van der Waals surface area contributed by atoms with Gasteiger partial charge >= 0.3 is 5.97 Å². The second-order valence-corrected chi connectivity index (χ2v) is 6.36. The van der Waals surface area contributed by atoms with E-state index in [0.29, 0.717) is 23.1 Å². The van der Waals surface area contributed by atoms with Crippen molar-refractivity contribution in [2.24, 2.45) is 0 Å². The smallest absolute Gasteiger partial charge is 0.345 e. The van der Waals surface area contributed by atoms with Crippen LogP contribution in [0.3, 0.4) is 0 Å². The molecular weight excluding hydrogens is 312 g/mol. The highest BCUT2D eigenvalue weighted by atomic mass is 35.5. The number of ether oxygens (including phenoxy) is 1. The van der Waals surface area contributed by atoms with Crippen LogP contribution in [0.1, 0.15) is 36.5 Å². The Bertz CT molecular complexity index is 678. The van der Waals surface area contributed by atoms with Crippen LogP contribution < -0.4 is 4.74 Å². The molecule has 0 radical (unpaired) electrons. The molecule has 0 spiro atoms. The molecule has 2 rings (SSSR count). The molecule has 0 amide bonds. The molecular formula is C19H21ClO3. The highest BCUT2D eigenvalue weighted by Gasteiger charge is 2.20. The SMILES string of the molecule is Cc1cc(O[C@H](Cc2ccc(C(C)C)cc2)C(=O)O)ccc1Cl. The molecule has 0 aliphatic rings. The summed E-state index contributed by atoms with van der Waals surface area (Å²) in [5.74, 6) is -0.0174. The zero-order valence-electron chi connectivity index (χ0n) is 13.5. The summed E-state index contributed by atoms with van der Waals surface area (Å²) in [6, 6.07) is 13.1. The summed E-state index contributed by atoms with van der Waals surface area (Å²) in [4.78, 5) is 11.5. The maximum Gasteiger partial charge on any atom is 0.345 e. The predicted molar refractivity (Wildman–Crippen MR) is 92.5 cm³/mol. The van der Waals surface area contributed by atoms with Crippen LogP contribution >= 0.6 is 11.6 Å². The second kappa shape index (κ2) is 7.51. The molecule has 0 heterocycles. The zero-order chi connectivity index (χ0) is 17.0. The van der Waals surface area contributed by atoms with Gasteiger partial charge in [-0.25, -0.2) is 4.79 Å². The summed E-state index contributed by atoms with van der Waals surface area (Å²) in [6.45, 7) is 6.11. The first-order chi connectivity index (χ1) is 10.9. The number of halogens is 1. The van der Waals surface area contributed by atoms with Gasteiger partial charge in [-0.2, -0.15) is 0 Å². The molecule has 122 valence electrons. The largest absolute Gasteiger partial charge is 0.478 e. The van der Waals surface area contributed by atoms with Crippen molar-refractivity contribution in [3.63, 3.8) is 0 Å². The number of hydrogen-bond acceptors (Lipinski definition) is 2. The average Bonchev–Trinajstić information content (AvgIpc) is 2.50. The van der Waals surface area contributed by atoms with Crippen LogP contribution in [0.25, 0.3) is 0 Å². The summed E-state index contributed by atoms with van der Waals surface area (Å²) >= 11 is 5.98. The standard InChI is InChI=1S/C19H21ClO3/c1-12(2)15-6-4-14(5-7-15)11-18(19(21)22)23-16-8-9-17(20)13(3)10-16/h4-10,12,18H,11H2,1-3H3,(H,21,22)/t18-/m1/s1. The lowest BCUT2D eigenvalue weighted by Gasteiger charge is -2.16. The topological polar surface area (TPSA) is 46.5 Å². The van der Waals surface area contributed by atoms with Gasteiger partial charge in [-0.3, -0.25) is 0 Å². The Labute approximate surface area is 141 Å². The van der Waals surface area contributed by atoms with Crippen LogP contribution in [-0.2, 0) is 11.2 Å². The fraction of sp³-hybridized carbons (Fsp3) is 0.316. The first-order valence-electron chi connectivity index (χ1n) is 7.61. The number of rotatable bonds is 6. The monoisotopic (exact) mass is 332 g/mol. The number of carboxylic acids is 1. The van der Waals surface area contributed by atoms with Gasteiger partial charge in [-0.15, -0.1) is 0 Å². The Morgan fingerprint density at radius 3 is 2.35 bits per heavy atom. The van der Waals surface area contributed by atoms with Crippen molar-refractivity contribution < 1.29 is 14.6 Å². The summed E-state index contributed by atoms with van der Waals surface area (Å²) in [5, 5.41) is 10.0. The summed E-state index contributed by atoms with van der Waals surface area (Å²) in [5.41, 5.74) is 3.02. The average molecular weight is 333 g/mol. The first-order valence-corrected chi connectivity index (χ1v) is 7.99. The van der Waals surface area contributed by atoms with Gasteiger partial charge in [-0.1, -0.05) is 49.7 Å². The number of carbonyl (C=O) groups is 1. The van der Waals surface area contributed by atoms with E-state index in [2.05, 4.69) is 13.8 Å². The van der Waals surface area contributed by atoms with E-state index in [-0.39, 0.29) is 0 Å². The van der Waals surface area contributed by atoms with Crippen molar-refractivity contribution in [1.82, 2.24) is 0 Å². The molecule has 4 heteroatoms. The fourth-order valence-electron chi connectivity index (χ4n) is 2.29. The van der Waals surface area contributed by atoms with Gasteiger partial charge in [0.05, 0.1) is 0 Å². The van der Waals surface area contributed by atoms with Crippen molar-refractivity contribution >= 4 is 17.6 Å². The fourth-order valence-corrected chi connectivity index (χ4v) is 2.40. The van der Waals surface area contributed by atoms with Crippen molar-refractivity contribution in [2.45, 2.75) is 39.2 Å². The van der Waals surface area contributed by atoms with Crippen LogP contribution in [0.5, 0.6) is 5.75 Å². The molecule has 0 fully saturated rings. The van der Waals surface area contributed by atoms with Gasteiger partial charge in [0.1, 0.15) is 5.75 Å². The third kappa shape index (κ3) is 4.73. The van der Waals surface area contributed by atoms with Crippen molar-refractivity contribution in [3.8, 4) is 5.75 Å². The molecule has 0 aliphatic heterocycles. The number of aliphatic carboxylic acids is 1. The summed E-state index contributed by atoms with van der Waals surface area (Å²) in [6.07, 6.45) is -0.615. The lowest BCUT2D eigenvalue weighted by molar-refractivity contribution is -0.145. The predicted octanol–water partition coefficient (Wildman–Crippen LogP) is 4.85. The Morgan fingerprint density at radius 1 is 1.17 bits per heavy atom. The normalized spacial score (nSPS) is 12.2. The molecule has 0 aliphatic carbocycles. The Balaban J connectivity index is 2.12. The minimum atomic E-state index is -0.981. The van der Waals surface area contributed by atoms with E-state index in [1.165, 1.54) is 5.56 Å². The lowest BCUT2D eigenvalue weighted by Crippen LogP contribution is -2.29. The van der Waals surface area contributed by atoms with Crippen LogP contribution in [0.4, 0.5) is 0 Å². The van der Waals surface area contributed by atoms with Gasteiger partial charge in [0.2, 0.25) is 0 Å². The summed E-state index contributed by atoms with van der Waals surface area (Å²) in [7, 11) is 0. The third-order valence-corrected chi connectivity index (χ3v) is 4.17. The number of hydrogen-bond donors (Lipinski definition) is 1. The molecule has 0 saturated heterocycles. The van der Waals surface area contributed by atoms with Crippen LogP contribution in [-0.4, -0.2) is 17.2 Å². The quantitative estimate of drug-likeness (QED) is 0.822. The minimum Gasteiger partial charge on any atom is -0.478 e. The van der Waals surface area contributed by atoms with Gasteiger partial charge < -0.3 is 9.84 Å². The van der Waals surface area contributed by atoms with Crippen molar-refractivity contribution in [1.29, 1.82) is 0 Å². The number of benzene rings is 2. The molecule has 0 aromatic heterocycles. The highest BCUT2D eigenvalue weighted by molar-refractivity contribution is 6.31. The Morgan fingerprint density at radius 2 is 1.83 bits per heavy atom. The second-order valence-electron chi connectivity index (χ2n) is 5.96. The van der Waals surface area contributed by atoms with Crippen LogP contribution in [0.2, 0.25) is 5.02 Å². The van der Waals surface area contributed by atoms with E-state index >= 15 is 0 Å². The van der Waals surface area contributed by atoms with Gasteiger partial charge in [0.15, 0.2) is 6.10 Å². The van der Waals surface area contributed by atoms with Gasteiger partial charge in [0.25, 0.3) is 0 Å². The molecule has 0 bridgehead atoms. The van der Waals surface area contributed by atoms with Gasteiger partial charge in [0, 0.05) is 11.4 Å². The number of aryl methyl sites for hydroxylation is 1. The van der Waals surface area contributed by atoms with Crippen LogP contribution in [0, 0.1) is 6.92 Å². The van der Waals surface area contributed by atoms with E-state index in [1.54, 1.807) is 18.2 Å². The van der Waals surface area contributed by atoms with Crippen LogP contribution in [0.15, 0.2) is 42.5 Å². The molecule has 2 aromatic rings. The van der Waals surface area contributed by atoms with E-state index in [0.717, 1.165) is 11.1 Å². The number of carboxylic acid groups (broad SMARTS) is 1. The van der Waals surface area contributed by atoms with E-state index in [1.807, 2.05) is 31.2 Å². The molecule has 0 unspecified atom stereocenters. The minimum absolute atomic E-state index is 0.315. The van der Waals surface area contributed by atoms with E-state index < -0.39 is 12.1 Å². The highest BCUT2D eigenvalue weighted by Crippen LogP contribution is 2.23. The maximum atomic E-state index is 11.5. The van der Waals surface area contributed by atoms with Gasteiger partial charge in [-0.05, 0) is 47.7 Å². The molecule has 3 nitrogen and oxygen atoms in total. The lowest BCUT2D eigenvalue weighted by atomic mass is 10.00. The van der Waals surface area contributed by atoms with E-state index in [9.17, 15) is 9.90 Å². The van der Waals surface area contributed by atoms with Crippen molar-refractivity contribution in [2.75, 3.05) is 0 Å². The molecule has 1 atom stereocenters. The first kappa shape index (κ1) is 17.4.